The molecule has 136 valence electrons. The summed E-state index contributed by atoms with van der Waals surface area (Å²) in [5.41, 5.74) is 0.611. The van der Waals surface area contributed by atoms with Crippen LogP contribution in [0.2, 0.25) is 0 Å². The topological polar surface area (TPSA) is 93.4 Å². The van der Waals surface area contributed by atoms with Crippen molar-refractivity contribution in [2.75, 3.05) is 20.8 Å². The first-order valence-corrected chi connectivity index (χ1v) is 7.95. The molecule has 2 aromatic rings. The average Bonchev–Trinajstić information content (AvgIpc) is 2.63. The Kier molecular flexibility index (Phi) is 6.51. The summed E-state index contributed by atoms with van der Waals surface area (Å²) in [6.45, 7) is 3.93. The number of esters is 1. The third-order valence-electron chi connectivity index (χ3n) is 3.31. The van der Waals surface area contributed by atoms with Gasteiger partial charge in [-0.05, 0) is 36.0 Å². The van der Waals surface area contributed by atoms with Crippen molar-refractivity contribution in [1.82, 2.24) is 9.97 Å². The SMILES string of the molecule is C=CCOc1ccc(/C=C(\C(=O)OC)c2cc(=O)[nH]c(=S)[nH]2)cc1OC. The van der Waals surface area contributed by atoms with Gasteiger partial charge in [0.05, 0.1) is 25.5 Å². The molecule has 0 aliphatic carbocycles. The lowest BCUT2D eigenvalue weighted by atomic mass is 10.1. The highest BCUT2D eigenvalue weighted by molar-refractivity contribution is 7.71. The van der Waals surface area contributed by atoms with Gasteiger partial charge in [0.15, 0.2) is 16.3 Å². The third kappa shape index (κ3) is 4.70. The van der Waals surface area contributed by atoms with E-state index in [9.17, 15) is 9.59 Å². The molecule has 0 aliphatic heterocycles. The highest BCUT2D eigenvalue weighted by Crippen LogP contribution is 2.29. The Morgan fingerprint density at radius 3 is 2.62 bits per heavy atom. The molecule has 1 aromatic carbocycles. The summed E-state index contributed by atoms with van der Waals surface area (Å²) >= 11 is 4.96. The fourth-order valence-electron chi connectivity index (χ4n) is 2.18. The van der Waals surface area contributed by atoms with E-state index in [1.807, 2.05) is 0 Å². The molecule has 26 heavy (non-hydrogen) atoms. The quantitative estimate of drug-likeness (QED) is 0.335. The molecule has 7 nitrogen and oxygen atoms in total. The summed E-state index contributed by atoms with van der Waals surface area (Å²) in [4.78, 5) is 29.0. The molecule has 0 bridgehead atoms. The summed E-state index contributed by atoms with van der Waals surface area (Å²) < 4.78 is 15.7. The summed E-state index contributed by atoms with van der Waals surface area (Å²) in [5, 5.41) is 0. The maximum Gasteiger partial charge on any atom is 0.339 e. The second-order valence-electron chi connectivity index (χ2n) is 5.06. The van der Waals surface area contributed by atoms with E-state index in [4.69, 9.17) is 26.4 Å². The van der Waals surface area contributed by atoms with Crippen LogP contribution in [0.3, 0.4) is 0 Å². The van der Waals surface area contributed by atoms with Crippen LogP contribution >= 0.6 is 12.2 Å². The number of methoxy groups -OCH3 is 2. The number of hydrogen-bond acceptors (Lipinski definition) is 6. The van der Waals surface area contributed by atoms with E-state index in [-0.39, 0.29) is 16.0 Å². The van der Waals surface area contributed by atoms with Crippen molar-refractivity contribution >= 4 is 29.8 Å². The first kappa shape index (κ1) is 19.2. The van der Waals surface area contributed by atoms with Gasteiger partial charge in [-0.1, -0.05) is 18.7 Å². The first-order valence-electron chi connectivity index (χ1n) is 7.54. The molecule has 0 saturated carbocycles. The smallest absolute Gasteiger partial charge is 0.339 e. The number of aromatic amines is 2. The molecular formula is C18H18N2O5S. The van der Waals surface area contributed by atoms with E-state index < -0.39 is 11.5 Å². The number of hydrogen-bond donors (Lipinski definition) is 2. The van der Waals surface area contributed by atoms with Gasteiger partial charge in [-0.3, -0.25) is 9.78 Å². The minimum Gasteiger partial charge on any atom is -0.493 e. The molecule has 0 unspecified atom stereocenters. The second-order valence-corrected chi connectivity index (χ2v) is 5.47. The normalized spacial score (nSPS) is 10.9. The Balaban J connectivity index is 2.53. The van der Waals surface area contributed by atoms with E-state index in [0.29, 0.717) is 23.7 Å². The van der Waals surface area contributed by atoms with Crippen molar-refractivity contribution in [3.8, 4) is 11.5 Å². The van der Waals surface area contributed by atoms with Crippen LogP contribution in [0.1, 0.15) is 11.3 Å². The Bertz CT molecular complexity index is 930. The molecule has 0 radical (unpaired) electrons. The zero-order valence-corrected chi connectivity index (χ0v) is 15.1. The lowest BCUT2D eigenvalue weighted by Gasteiger charge is -2.11. The van der Waals surface area contributed by atoms with Gasteiger partial charge in [0.25, 0.3) is 5.56 Å². The Morgan fingerprint density at radius 1 is 1.23 bits per heavy atom. The van der Waals surface area contributed by atoms with Crippen LogP contribution < -0.4 is 15.0 Å². The molecule has 0 fully saturated rings. The van der Waals surface area contributed by atoms with Crippen molar-refractivity contribution in [3.63, 3.8) is 0 Å². The largest absolute Gasteiger partial charge is 0.493 e. The second kappa shape index (κ2) is 8.82. The van der Waals surface area contributed by atoms with Crippen LogP contribution in [0.4, 0.5) is 0 Å². The lowest BCUT2D eigenvalue weighted by molar-refractivity contribution is -0.133. The Hall–Kier alpha value is -3.13. The summed E-state index contributed by atoms with van der Waals surface area (Å²) in [5.74, 6) is 0.413. The number of ether oxygens (including phenoxy) is 3. The maximum absolute atomic E-state index is 12.2. The highest BCUT2D eigenvalue weighted by Gasteiger charge is 2.15. The standard InChI is InChI=1S/C18H18N2O5S/c1-4-7-25-14-6-5-11(9-15(14)23-2)8-12(17(22)24-3)13-10-16(21)20-18(26)19-13/h4-6,8-10H,1,7H2,2-3H3,(H2,19,20,21,26)/b12-8-. The van der Waals surface area contributed by atoms with Crippen LogP contribution in [0.25, 0.3) is 11.6 Å². The predicted molar refractivity (Wildman–Crippen MR) is 101 cm³/mol. The van der Waals surface area contributed by atoms with Crippen LogP contribution in [-0.4, -0.2) is 36.8 Å². The number of rotatable bonds is 7. The van der Waals surface area contributed by atoms with Gasteiger partial charge in [0, 0.05) is 6.07 Å². The summed E-state index contributed by atoms with van der Waals surface area (Å²) in [7, 11) is 2.77. The molecule has 0 spiro atoms. The molecule has 8 heteroatoms. The van der Waals surface area contributed by atoms with Crippen LogP contribution in [0, 0.1) is 4.77 Å². The average molecular weight is 374 g/mol. The van der Waals surface area contributed by atoms with E-state index in [0.717, 1.165) is 0 Å². The molecule has 0 saturated heterocycles. The van der Waals surface area contributed by atoms with Crippen molar-refractivity contribution in [1.29, 1.82) is 0 Å². The van der Waals surface area contributed by atoms with Gasteiger partial charge < -0.3 is 19.2 Å². The van der Waals surface area contributed by atoms with E-state index in [2.05, 4.69) is 16.5 Å². The predicted octanol–water partition coefficient (Wildman–Crippen LogP) is 2.72. The molecule has 0 aliphatic rings. The summed E-state index contributed by atoms with van der Waals surface area (Å²) in [6, 6.07) is 6.38. The Labute approximate surface area is 154 Å². The fraction of sp³-hybridized carbons (Fsp3) is 0.167. The molecular weight excluding hydrogens is 356 g/mol. The van der Waals surface area contributed by atoms with Gasteiger partial charge in [0.2, 0.25) is 0 Å². The molecule has 0 amide bonds. The van der Waals surface area contributed by atoms with E-state index >= 15 is 0 Å². The van der Waals surface area contributed by atoms with Crippen molar-refractivity contribution in [2.24, 2.45) is 0 Å². The number of aromatic nitrogens is 2. The number of H-pyrrole nitrogens is 2. The minimum absolute atomic E-state index is 0.105. The van der Waals surface area contributed by atoms with Crippen molar-refractivity contribution in [2.45, 2.75) is 0 Å². The molecule has 0 atom stereocenters. The lowest BCUT2D eigenvalue weighted by Crippen LogP contribution is -2.12. The minimum atomic E-state index is -0.618. The van der Waals surface area contributed by atoms with Crippen LogP contribution in [0.15, 0.2) is 41.7 Å². The summed E-state index contributed by atoms with van der Waals surface area (Å²) in [6.07, 6.45) is 3.18. The van der Waals surface area contributed by atoms with Crippen molar-refractivity contribution in [3.05, 3.63) is 63.3 Å². The van der Waals surface area contributed by atoms with Crippen LogP contribution in [-0.2, 0) is 9.53 Å². The van der Waals surface area contributed by atoms with Gasteiger partial charge in [-0.2, -0.15) is 0 Å². The monoisotopic (exact) mass is 374 g/mol. The molecule has 1 aromatic heterocycles. The fourth-order valence-corrected chi connectivity index (χ4v) is 2.39. The first-order chi connectivity index (χ1) is 12.5. The zero-order valence-electron chi connectivity index (χ0n) is 14.3. The van der Waals surface area contributed by atoms with Gasteiger partial charge in [-0.25, -0.2) is 4.79 Å². The van der Waals surface area contributed by atoms with E-state index in [1.165, 1.54) is 20.3 Å². The molecule has 1 heterocycles. The van der Waals surface area contributed by atoms with Gasteiger partial charge >= 0.3 is 5.97 Å². The number of carbonyl (C=O) groups excluding carboxylic acids is 1. The maximum atomic E-state index is 12.2. The third-order valence-corrected chi connectivity index (χ3v) is 3.52. The highest BCUT2D eigenvalue weighted by atomic mass is 32.1. The van der Waals surface area contributed by atoms with Gasteiger partial charge in [-0.15, -0.1) is 0 Å². The molecule has 2 N–H and O–H groups in total. The van der Waals surface area contributed by atoms with Crippen molar-refractivity contribution < 1.29 is 19.0 Å². The molecule has 2 rings (SSSR count). The number of nitrogens with one attached hydrogen (secondary N) is 2. The Morgan fingerprint density at radius 2 is 2.00 bits per heavy atom. The van der Waals surface area contributed by atoms with Gasteiger partial charge in [0.1, 0.15) is 6.61 Å². The number of benzene rings is 1. The number of carbonyl (C=O) groups is 1. The van der Waals surface area contributed by atoms with E-state index in [1.54, 1.807) is 30.4 Å². The van der Waals surface area contributed by atoms with Crippen LogP contribution in [0.5, 0.6) is 11.5 Å². The zero-order chi connectivity index (χ0) is 19.1.